The van der Waals surface area contributed by atoms with Gasteiger partial charge in [0, 0.05) is 26.7 Å². The van der Waals surface area contributed by atoms with Gasteiger partial charge in [-0.2, -0.15) is 0 Å². The van der Waals surface area contributed by atoms with Crippen LogP contribution in [0.3, 0.4) is 0 Å². The van der Waals surface area contributed by atoms with E-state index in [0.29, 0.717) is 0 Å². The van der Waals surface area contributed by atoms with Gasteiger partial charge in [-0.3, -0.25) is 0 Å². The zero-order valence-electron chi connectivity index (χ0n) is 12.6. The third kappa shape index (κ3) is 4.32. The second-order valence-corrected chi connectivity index (χ2v) is 5.16. The van der Waals surface area contributed by atoms with E-state index in [4.69, 9.17) is 9.72 Å². The fourth-order valence-corrected chi connectivity index (χ4v) is 2.37. The van der Waals surface area contributed by atoms with Crippen LogP contribution in [0.15, 0.2) is 29.8 Å². The van der Waals surface area contributed by atoms with E-state index in [-0.39, 0.29) is 0 Å². The Morgan fingerprint density at radius 3 is 3.00 bits per heavy atom. The molecule has 0 unspecified atom stereocenters. The molecular weight excluding hydrogens is 250 g/mol. The fourth-order valence-electron chi connectivity index (χ4n) is 2.37. The molecule has 0 amide bonds. The standard InChI is InChI=1S/C16H25N3O/c1-3-9-17-12-15-5-4-6-16(18-15)19-10-7-14(8-11-19)13-20-2/h4-7,17H,3,8-13H2,1-2H3. The summed E-state index contributed by atoms with van der Waals surface area (Å²) in [5.74, 6) is 1.08. The Balaban J connectivity index is 1.94. The lowest BCUT2D eigenvalue weighted by Gasteiger charge is -2.27. The molecule has 1 aliphatic rings. The van der Waals surface area contributed by atoms with Crippen molar-refractivity contribution in [2.75, 3.05) is 38.3 Å². The predicted octanol–water partition coefficient (Wildman–Crippen LogP) is 2.36. The average Bonchev–Trinajstić information content (AvgIpc) is 2.49. The maximum absolute atomic E-state index is 5.19. The molecule has 4 heteroatoms. The Hall–Kier alpha value is -1.39. The highest BCUT2D eigenvalue weighted by Gasteiger charge is 2.13. The minimum atomic E-state index is 0.752. The Morgan fingerprint density at radius 1 is 1.40 bits per heavy atom. The van der Waals surface area contributed by atoms with Crippen LogP contribution in [0.1, 0.15) is 25.5 Å². The van der Waals surface area contributed by atoms with Gasteiger partial charge in [0.25, 0.3) is 0 Å². The SMILES string of the molecule is CCCNCc1cccc(N2CC=C(COC)CC2)n1. The highest BCUT2D eigenvalue weighted by Crippen LogP contribution is 2.18. The van der Waals surface area contributed by atoms with Crippen molar-refractivity contribution in [3.8, 4) is 0 Å². The summed E-state index contributed by atoms with van der Waals surface area (Å²) in [5, 5.41) is 3.40. The van der Waals surface area contributed by atoms with E-state index in [9.17, 15) is 0 Å². The molecule has 0 aliphatic carbocycles. The Bertz CT molecular complexity index is 445. The molecule has 110 valence electrons. The molecule has 0 saturated heterocycles. The van der Waals surface area contributed by atoms with E-state index >= 15 is 0 Å². The van der Waals surface area contributed by atoms with E-state index < -0.39 is 0 Å². The first-order valence-corrected chi connectivity index (χ1v) is 7.42. The molecule has 1 aromatic heterocycles. The van der Waals surface area contributed by atoms with Gasteiger partial charge in [-0.15, -0.1) is 0 Å². The third-order valence-corrected chi connectivity index (χ3v) is 3.48. The van der Waals surface area contributed by atoms with Crippen molar-refractivity contribution in [1.82, 2.24) is 10.3 Å². The van der Waals surface area contributed by atoms with E-state index in [0.717, 1.165) is 57.1 Å². The van der Waals surface area contributed by atoms with Crippen molar-refractivity contribution in [3.05, 3.63) is 35.5 Å². The van der Waals surface area contributed by atoms with Crippen molar-refractivity contribution < 1.29 is 4.74 Å². The summed E-state index contributed by atoms with van der Waals surface area (Å²) >= 11 is 0. The minimum Gasteiger partial charge on any atom is -0.380 e. The number of hydrogen-bond acceptors (Lipinski definition) is 4. The molecular formula is C16H25N3O. The molecule has 0 aromatic carbocycles. The normalized spacial score (nSPS) is 15.3. The van der Waals surface area contributed by atoms with Gasteiger partial charge in [-0.1, -0.05) is 19.1 Å². The fraction of sp³-hybridized carbons (Fsp3) is 0.562. The lowest BCUT2D eigenvalue weighted by atomic mass is 10.1. The van der Waals surface area contributed by atoms with Crippen LogP contribution >= 0.6 is 0 Å². The number of rotatable bonds is 7. The molecule has 20 heavy (non-hydrogen) atoms. The Labute approximate surface area is 121 Å². The lowest BCUT2D eigenvalue weighted by molar-refractivity contribution is 0.222. The monoisotopic (exact) mass is 275 g/mol. The summed E-state index contributed by atoms with van der Waals surface area (Å²) in [6, 6.07) is 6.28. The van der Waals surface area contributed by atoms with Gasteiger partial charge < -0.3 is 15.0 Å². The van der Waals surface area contributed by atoms with Gasteiger partial charge in [0.1, 0.15) is 5.82 Å². The zero-order chi connectivity index (χ0) is 14.2. The van der Waals surface area contributed by atoms with Gasteiger partial charge in [0.15, 0.2) is 0 Å². The lowest BCUT2D eigenvalue weighted by Crippen LogP contribution is -2.30. The smallest absolute Gasteiger partial charge is 0.129 e. The van der Waals surface area contributed by atoms with E-state index in [1.165, 1.54) is 5.57 Å². The molecule has 4 nitrogen and oxygen atoms in total. The third-order valence-electron chi connectivity index (χ3n) is 3.48. The maximum atomic E-state index is 5.19. The van der Waals surface area contributed by atoms with Crippen LogP contribution < -0.4 is 10.2 Å². The molecule has 0 bridgehead atoms. The van der Waals surface area contributed by atoms with E-state index in [1.807, 2.05) is 0 Å². The minimum absolute atomic E-state index is 0.752. The molecule has 0 radical (unpaired) electrons. The number of methoxy groups -OCH3 is 1. The molecule has 1 aliphatic heterocycles. The summed E-state index contributed by atoms with van der Waals surface area (Å²) in [7, 11) is 1.75. The molecule has 0 fully saturated rings. The van der Waals surface area contributed by atoms with E-state index in [2.05, 4.69) is 41.4 Å². The number of pyridine rings is 1. The molecule has 2 rings (SSSR count). The second kappa shape index (κ2) is 8.02. The van der Waals surface area contributed by atoms with Crippen LogP contribution in [0.2, 0.25) is 0 Å². The average molecular weight is 275 g/mol. The second-order valence-electron chi connectivity index (χ2n) is 5.16. The Kier molecular flexibility index (Phi) is 6.02. The largest absolute Gasteiger partial charge is 0.380 e. The molecule has 0 atom stereocenters. The van der Waals surface area contributed by atoms with Gasteiger partial charge >= 0.3 is 0 Å². The number of nitrogens with zero attached hydrogens (tertiary/aromatic N) is 2. The van der Waals surface area contributed by atoms with Gasteiger partial charge in [0.2, 0.25) is 0 Å². The van der Waals surface area contributed by atoms with Crippen molar-refractivity contribution in [2.24, 2.45) is 0 Å². The molecule has 0 spiro atoms. The van der Waals surface area contributed by atoms with Crippen LogP contribution in [0, 0.1) is 0 Å². The van der Waals surface area contributed by atoms with Crippen LogP contribution in [-0.2, 0) is 11.3 Å². The summed E-state index contributed by atoms with van der Waals surface area (Å²) < 4.78 is 5.19. The maximum Gasteiger partial charge on any atom is 0.129 e. The first kappa shape index (κ1) is 15.0. The van der Waals surface area contributed by atoms with Gasteiger partial charge in [0.05, 0.1) is 12.3 Å². The quantitative estimate of drug-likeness (QED) is 0.612. The van der Waals surface area contributed by atoms with Crippen molar-refractivity contribution in [2.45, 2.75) is 26.3 Å². The van der Waals surface area contributed by atoms with Crippen LogP contribution in [0.5, 0.6) is 0 Å². The molecule has 0 saturated carbocycles. The zero-order valence-corrected chi connectivity index (χ0v) is 12.6. The summed E-state index contributed by atoms with van der Waals surface area (Å²) in [6.45, 7) is 6.77. The van der Waals surface area contributed by atoms with Crippen LogP contribution in [0.4, 0.5) is 5.82 Å². The molecule has 2 heterocycles. The van der Waals surface area contributed by atoms with Crippen LogP contribution in [0.25, 0.3) is 0 Å². The number of nitrogens with one attached hydrogen (secondary N) is 1. The predicted molar refractivity (Wildman–Crippen MR) is 83.0 cm³/mol. The first-order valence-electron chi connectivity index (χ1n) is 7.42. The molecule has 1 N–H and O–H groups in total. The molecule has 1 aromatic rings. The number of ether oxygens (including phenoxy) is 1. The topological polar surface area (TPSA) is 37.4 Å². The summed E-state index contributed by atoms with van der Waals surface area (Å²) in [4.78, 5) is 7.06. The van der Waals surface area contributed by atoms with Crippen molar-refractivity contribution in [1.29, 1.82) is 0 Å². The summed E-state index contributed by atoms with van der Waals surface area (Å²) in [5.41, 5.74) is 2.51. The first-order chi connectivity index (χ1) is 9.83. The number of anilines is 1. The highest BCUT2D eigenvalue weighted by molar-refractivity contribution is 5.42. The van der Waals surface area contributed by atoms with Crippen molar-refractivity contribution in [3.63, 3.8) is 0 Å². The number of hydrogen-bond donors (Lipinski definition) is 1. The van der Waals surface area contributed by atoms with Gasteiger partial charge in [-0.05, 0) is 37.1 Å². The van der Waals surface area contributed by atoms with Crippen LogP contribution in [-0.4, -0.2) is 38.3 Å². The highest BCUT2D eigenvalue weighted by atomic mass is 16.5. The van der Waals surface area contributed by atoms with Gasteiger partial charge in [-0.25, -0.2) is 4.98 Å². The van der Waals surface area contributed by atoms with E-state index in [1.54, 1.807) is 7.11 Å². The summed E-state index contributed by atoms with van der Waals surface area (Å²) in [6.07, 6.45) is 4.48. The number of aromatic nitrogens is 1. The Morgan fingerprint density at radius 2 is 2.30 bits per heavy atom. The van der Waals surface area contributed by atoms with Crippen molar-refractivity contribution >= 4 is 5.82 Å².